The molecule has 1 aliphatic rings. The summed E-state index contributed by atoms with van der Waals surface area (Å²) in [4.78, 5) is 2.23. The van der Waals surface area contributed by atoms with Crippen LogP contribution in [-0.4, -0.2) is 26.2 Å². The molecule has 0 saturated heterocycles. The van der Waals surface area contributed by atoms with Gasteiger partial charge in [-0.3, -0.25) is 0 Å². The fourth-order valence-electron chi connectivity index (χ4n) is 2.34. The molecule has 1 aliphatic carbocycles. The molecule has 1 aromatic rings. The molecule has 94 valence electrons. The van der Waals surface area contributed by atoms with Crippen LogP contribution in [-0.2, 0) is 0 Å². The first-order valence-corrected chi connectivity index (χ1v) is 6.28. The van der Waals surface area contributed by atoms with E-state index < -0.39 is 0 Å². The summed E-state index contributed by atoms with van der Waals surface area (Å²) in [7, 11) is 3.81. The Labute approximate surface area is 104 Å². The van der Waals surface area contributed by atoms with Crippen molar-refractivity contribution in [2.45, 2.75) is 31.2 Å². The summed E-state index contributed by atoms with van der Waals surface area (Å²) in [5, 5.41) is 0. The average Bonchev–Trinajstić information content (AvgIpc) is 2.33. The highest BCUT2D eigenvalue weighted by atomic mass is 16.5. The zero-order chi connectivity index (χ0) is 12.3. The number of hydrogen-bond donors (Lipinski definition) is 1. The van der Waals surface area contributed by atoms with E-state index in [1.807, 2.05) is 18.2 Å². The molecule has 3 nitrogen and oxygen atoms in total. The van der Waals surface area contributed by atoms with E-state index in [1.165, 1.54) is 19.3 Å². The zero-order valence-electron chi connectivity index (χ0n) is 10.8. The highest BCUT2D eigenvalue weighted by Gasteiger charge is 2.32. The summed E-state index contributed by atoms with van der Waals surface area (Å²) < 4.78 is 5.37. The standard InChI is InChI=1S/C14H22N2O/c1-16(11-10-14(15)8-5-9-14)12-6-3-4-7-13(12)17-2/h3-4,6-7H,5,8-11,15H2,1-2H3. The van der Waals surface area contributed by atoms with Crippen molar-refractivity contribution in [3.63, 3.8) is 0 Å². The van der Waals surface area contributed by atoms with Crippen molar-refractivity contribution in [2.24, 2.45) is 5.73 Å². The van der Waals surface area contributed by atoms with Crippen molar-refractivity contribution < 1.29 is 4.74 Å². The summed E-state index contributed by atoms with van der Waals surface area (Å²) in [5.74, 6) is 0.926. The van der Waals surface area contributed by atoms with Gasteiger partial charge in [0.1, 0.15) is 5.75 Å². The molecule has 1 aromatic carbocycles. The molecular weight excluding hydrogens is 212 g/mol. The largest absolute Gasteiger partial charge is 0.495 e. The van der Waals surface area contributed by atoms with Crippen LogP contribution in [0.3, 0.4) is 0 Å². The van der Waals surface area contributed by atoms with E-state index in [2.05, 4.69) is 18.0 Å². The number of rotatable bonds is 5. The number of nitrogens with two attached hydrogens (primary N) is 1. The Hall–Kier alpha value is -1.22. The third kappa shape index (κ3) is 2.72. The number of para-hydroxylation sites is 2. The second-order valence-corrected chi connectivity index (χ2v) is 5.06. The maximum atomic E-state index is 6.24. The van der Waals surface area contributed by atoms with E-state index in [-0.39, 0.29) is 5.54 Å². The topological polar surface area (TPSA) is 38.5 Å². The number of methoxy groups -OCH3 is 1. The predicted molar refractivity (Wildman–Crippen MR) is 71.7 cm³/mol. The first-order chi connectivity index (χ1) is 8.14. The molecule has 0 heterocycles. The SMILES string of the molecule is COc1ccccc1N(C)CCC1(N)CCC1. The Kier molecular flexibility index (Phi) is 3.57. The molecule has 0 radical (unpaired) electrons. The molecule has 0 amide bonds. The number of benzene rings is 1. The zero-order valence-corrected chi connectivity index (χ0v) is 10.8. The Morgan fingerprint density at radius 1 is 1.35 bits per heavy atom. The Morgan fingerprint density at radius 3 is 2.65 bits per heavy atom. The molecule has 2 N–H and O–H groups in total. The van der Waals surface area contributed by atoms with E-state index in [9.17, 15) is 0 Å². The van der Waals surface area contributed by atoms with Gasteiger partial charge in [0, 0.05) is 19.1 Å². The normalized spacial score (nSPS) is 17.4. The molecule has 0 spiro atoms. The van der Waals surface area contributed by atoms with E-state index in [4.69, 9.17) is 10.5 Å². The number of ether oxygens (including phenoxy) is 1. The van der Waals surface area contributed by atoms with Crippen molar-refractivity contribution in [1.82, 2.24) is 0 Å². The molecule has 17 heavy (non-hydrogen) atoms. The van der Waals surface area contributed by atoms with E-state index in [0.717, 1.165) is 24.4 Å². The monoisotopic (exact) mass is 234 g/mol. The van der Waals surface area contributed by atoms with Gasteiger partial charge in [-0.05, 0) is 37.8 Å². The molecule has 0 atom stereocenters. The van der Waals surface area contributed by atoms with Crippen LogP contribution in [0.4, 0.5) is 5.69 Å². The highest BCUT2D eigenvalue weighted by molar-refractivity contribution is 5.57. The van der Waals surface area contributed by atoms with Gasteiger partial charge in [-0.2, -0.15) is 0 Å². The first-order valence-electron chi connectivity index (χ1n) is 6.28. The van der Waals surface area contributed by atoms with Crippen molar-refractivity contribution >= 4 is 5.69 Å². The quantitative estimate of drug-likeness (QED) is 0.850. The van der Waals surface area contributed by atoms with Gasteiger partial charge in [0.25, 0.3) is 0 Å². The number of nitrogens with zero attached hydrogens (tertiary/aromatic N) is 1. The van der Waals surface area contributed by atoms with Crippen LogP contribution in [0.2, 0.25) is 0 Å². The Bertz CT molecular complexity index is 374. The van der Waals surface area contributed by atoms with Crippen molar-refractivity contribution in [3.05, 3.63) is 24.3 Å². The molecule has 1 saturated carbocycles. The minimum atomic E-state index is 0.0935. The molecule has 0 bridgehead atoms. The third-order valence-electron chi connectivity index (χ3n) is 3.79. The van der Waals surface area contributed by atoms with Gasteiger partial charge < -0.3 is 15.4 Å². The lowest BCUT2D eigenvalue weighted by Crippen LogP contribution is -2.48. The van der Waals surface area contributed by atoms with Crippen LogP contribution in [0.25, 0.3) is 0 Å². The van der Waals surface area contributed by atoms with Crippen molar-refractivity contribution in [1.29, 1.82) is 0 Å². The maximum absolute atomic E-state index is 6.24. The minimum Gasteiger partial charge on any atom is -0.495 e. The first kappa shape index (κ1) is 12.2. The molecule has 0 aliphatic heterocycles. The Morgan fingerprint density at radius 2 is 2.06 bits per heavy atom. The second-order valence-electron chi connectivity index (χ2n) is 5.06. The van der Waals surface area contributed by atoms with Gasteiger partial charge in [0.15, 0.2) is 0 Å². The second kappa shape index (κ2) is 4.96. The van der Waals surface area contributed by atoms with Gasteiger partial charge in [-0.15, -0.1) is 0 Å². The van der Waals surface area contributed by atoms with Gasteiger partial charge in [0.05, 0.1) is 12.8 Å². The molecular formula is C14H22N2O. The van der Waals surface area contributed by atoms with E-state index in [0.29, 0.717) is 0 Å². The molecule has 2 rings (SSSR count). The van der Waals surface area contributed by atoms with Crippen LogP contribution in [0.15, 0.2) is 24.3 Å². The van der Waals surface area contributed by atoms with Crippen molar-refractivity contribution in [3.8, 4) is 5.75 Å². The van der Waals surface area contributed by atoms with Crippen LogP contribution in [0, 0.1) is 0 Å². The lowest BCUT2D eigenvalue weighted by molar-refractivity contribution is 0.234. The molecule has 1 fully saturated rings. The lowest BCUT2D eigenvalue weighted by Gasteiger charge is -2.39. The summed E-state index contributed by atoms with van der Waals surface area (Å²) in [6.07, 6.45) is 4.69. The maximum Gasteiger partial charge on any atom is 0.142 e. The highest BCUT2D eigenvalue weighted by Crippen LogP contribution is 2.33. The van der Waals surface area contributed by atoms with Gasteiger partial charge in [0.2, 0.25) is 0 Å². The molecule has 0 aromatic heterocycles. The predicted octanol–water partition coefficient (Wildman–Crippen LogP) is 2.40. The molecule has 0 unspecified atom stereocenters. The van der Waals surface area contributed by atoms with Crippen LogP contribution in [0.5, 0.6) is 5.75 Å². The van der Waals surface area contributed by atoms with Gasteiger partial charge >= 0.3 is 0 Å². The van der Waals surface area contributed by atoms with E-state index in [1.54, 1.807) is 7.11 Å². The fourth-order valence-corrected chi connectivity index (χ4v) is 2.34. The van der Waals surface area contributed by atoms with Crippen LogP contribution < -0.4 is 15.4 Å². The summed E-state index contributed by atoms with van der Waals surface area (Å²) in [6, 6.07) is 8.11. The number of anilines is 1. The number of hydrogen-bond acceptors (Lipinski definition) is 3. The third-order valence-corrected chi connectivity index (χ3v) is 3.79. The molecule has 3 heteroatoms. The summed E-state index contributed by atoms with van der Waals surface area (Å²) in [6.45, 7) is 0.983. The summed E-state index contributed by atoms with van der Waals surface area (Å²) in [5.41, 5.74) is 7.47. The van der Waals surface area contributed by atoms with Crippen LogP contribution >= 0.6 is 0 Å². The Balaban J connectivity index is 1.96. The minimum absolute atomic E-state index is 0.0935. The van der Waals surface area contributed by atoms with Gasteiger partial charge in [-0.1, -0.05) is 12.1 Å². The van der Waals surface area contributed by atoms with E-state index >= 15 is 0 Å². The average molecular weight is 234 g/mol. The smallest absolute Gasteiger partial charge is 0.142 e. The lowest BCUT2D eigenvalue weighted by atomic mass is 9.75. The summed E-state index contributed by atoms with van der Waals surface area (Å²) >= 11 is 0. The van der Waals surface area contributed by atoms with Gasteiger partial charge in [-0.25, -0.2) is 0 Å². The van der Waals surface area contributed by atoms with Crippen LogP contribution in [0.1, 0.15) is 25.7 Å². The van der Waals surface area contributed by atoms with Crippen molar-refractivity contribution in [2.75, 3.05) is 25.6 Å². The fraction of sp³-hybridized carbons (Fsp3) is 0.571.